The second-order valence-electron chi connectivity index (χ2n) is 3.02. The first-order valence-corrected chi connectivity index (χ1v) is 4.69. The highest BCUT2D eigenvalue weighted by molar-refractivity contribution is 6.28. The first-order valence-electron chi connectivity index (χ1n) is 4.31. The predicted molar refractivity (Wildman–Crippen MR) is 61.3 cm³/mol. The molecule has 76 valence electrons. The molecule has 2 aromatic rings. The number of para-hydroxylation sites is 1. The Labute approximate surface area is 91.9 Å². The molecule has 0 radical (unpaired) electrons. The Morgan fingerprint density at radius 3 is 2.67 bits per heavy atom. The van der Waals surface area contributed by atoms with Crippen LogP contribution < -0.4 is 11.5 Å². The van der Waals surface area contributed by atoms with Gasteiger partial charge in [0.25, 0.3) is 0 Å². The fraction of sp³-hybridized carbons (Fsp3) is 0. The van der Waals surface area contributed by atoms with Crippen molar-refractivity contribution in [3.63, 3.8) is 0 Å². The van der Waals surface area contributed by atoms with Crippen molar-refractivity contribution < 1.29 is 0 Å². The lowest BCUT2D eigenvalue weighted by atomic mass is 10.1. The maximum absolute atomic E-state index is 5.84. The largest absolute Gasteiger partial charge is 0.397 e. The molecule has 0 amide bonds. The van der Waals surface area contributed by atoms with Crippen molar-refractivity contribution in [2.45, 2.75) is 0 Å². The molecular weight excluding hydrogens is 212 g/mol. The lowest BCUT2D eigenvalue weighted by Gasteiger charge is -2.06. The van der Waals surface area contributed by atoms with Gasteiger partial charge in [-0.3, -0.25) is 0 Å². The summed E-state index contributed by atoms with van der Waals surface area (Å²) in [5, 5.41) is 0.189. The normalized spacial score (nSPS) is 10.2. The topological polar surface area (TPSA) is 77.8 Å². The molecule has 0 aliphatic carbocycles. The van der Waals surface area contributed by atoms with Gasteiger partial charge in [-0.2, -0.15) is 0 Å². The number of benzene rings is 1. The van der Waals surface area contributed by atoms with Crippen LogP contribution in [0.2, 0.25) is 5.28 Å². The molecule has 15 heavy (non-hydrogen) atoms. The average molecular weight is 221 g/mol. The third-order valence-corrected chi connectivity index (χ3v) is 2.22. The molecule has 0 bridgehead atoms. The fourth-order valence-electron chi connectivity index (χ4n) is 1.29. The molecule has 0 atom stereocenters. The SMILES string of the molecule is Nc1cccc(-c2ccnc(Cl)n2)c1N. The van der Waals surface area contributed by atoms with Crippen LogP contribution in [0.5, 0.6) is 0 Å². The Bertz CT molecular complexity index is 499. The number of nitrogen functional groups attached to an aromatic ring is 2. The zero-order valence-electron chi connectivity index (χ0n) is 7.81. The van der Waals surface area contributed by atoms with Gasteiger partial charge in [-0.1, -0.05) is 12.1 Å². The molecule has 2 rings (SSSR count). The summed E-state index contributed by atoms with van der Waals surface area (Å²) in [5.41, 5.74) is 14.0. The van der Waals surface area contributed by atoms with Gasteiger partial charge < -0.3 is 11.5 Å². The van der Waals surface area contributed by atoms with E-state index < -0.39 is 0 Å². The molecule has 0 spiro atoms. The first-order chi connectivity index (χ1) is 7.18. The van der Waals surface area contributed by atoms with Gasteiger partial charge >= 0.3 is 0 Å². The van der Waals surface area contributed by atoms with Crippen LogP contribution in [0, 0.1) is 0 Å². The van der Waals surface area contributed by atoms with E-state index in [1.807, 2.05) is 12.1 Å². The Kier molecular flexibility index (Phi) is 2.43. The minimum atomic E-state index is 0.189. The summed E-state index contributed by atoms with van der Waals surface area (Å²) in [5.74, 6) is 0. The van der Waals surface area contributed by atoms with Crippen molar-refractivity contribution in [2.24, 2.45) is 0 Å². The van der Waals surface area contributed by atoms with E-state index in [1.54, 1.807) is 18.3 Å². The maximum atomic E-state index is 5.84. The van der Waals surface area contributed by atoms with Crippen LogP contribution in [0.25, 0.3) is 11.3 Å². The van der Waals surface area contributed by atoms with Gasteiger partial charge in [-0.25, -0.2) is 9.97 Å². The lowest BCUT2D eigenvalue weighted by Crippen LogP contribution is -1.98. The molecule has 0 aliphatic heterocycles. The first kappa shape index (κ1) is 9.73. The Balaban J connectivity index is 2.59. The third-order valence-electron chi connectivity index (χ3n) is 2.04. The second kappa shape index (κ2) is 3.74. The molecular formula is C10H9ClN4. The van der Waals surface area contributed by atoms with Gasteiger partial charge in [-0.05, 0) is 23.7 Å². The van der Waals surface area contributed by atoms with Crippen LogP contribution in [-0.4, -0.2) is 9.97 Å². The van der Waals surface area contributed by atoms with Crippen LogP contribution in [0.4, 0.5) is 11.4 Å². The van der Waals surface area contributed by atoms with Crippen molar-refractivity contribution in [2.75, 3.05) is 11.5 Å². The van der Waals surface area contributed by atoms with Gasteiger partial charge in [0.05, 0.1) is 17.1 Å². The van der Waals surface area contributed by atoms with Crippen molar-refractivity contribution in [1.82, 2.24) is 9.97 Å². The predicted octanol–water partition coefficient (Wildman–Crippen LogP) is 1.96. The Hall–Kier alpha value is -1.81. The van der Waals surface area contributed by atoms with Crippen LogP contribution in [0.15, 0.2) is 30.5 Å². The van der Waals surface area contributed by atoms with Crippen molar-refractivity contribution in [3.8, 4) is 11.3 Å². The third kappa shape index (κ3) is 1.85. The Morgan fingerprint density at radius 2 is 1.93 bits per heavy atom. The van der Waals surface area contributed by atoms with Crippen LogP contribution >= 0.6 is 11.6 Å². The standard InChI is InChI=1S/C10H9ClN4/c11-10-14-5-4-8(15-10)6-2-1-3-7(12)9(6)13/h1-5H,12-13H2. The molecule has 0 unspecified atom stereocenters. The van der Waals surface area contributed by atoms with Crippen LogP contribution in [-0.2, 0) is 0 Å². The molecule has 0 saturated heterocycles. The minimum Gasteiger partial charge on any atom is -0.397 e. The molecule has 1 aromatic heterocycles. The van der Waals surface area contributed by atoms with E-state index in [0.717, 1.165) is 5.56 Å². The maximum Gasteiger partial charge on any atom is 0.222 e. The summed E-state index contributed by atoms with van der Waals surface area (Å²) < 4.78 is 0. The minimum absolute atomic E-state index is 0.189. The number of anilines is 2. The molecule has 4 nitrogen and oxygen atoms in total. The average Bonchev–Trinajstić information content (AvgIpc) is 2.22. The molecule has 4 N–H and O–H groups in total. The quantitative estimate of drug-likeness (QED) is 0.569. The summed E-state index contributed by atoms with van der Waals surface area (Å²) >= 11 is 5.69. The molecule has 1 aromatic carbocycles. The highest BCUT2D eigenvalue weighted by Gasteiger charge is 2.06. The number of nitrogens with two attached hydrogens (primary N) is 2. The van der Waals surface area contributed by atoms with Gasteiger partial charge in [0.1, 0.15) is 0 Å². The van der Waals surface area contributed by atoms with Crippen LogP contribution in [0.1, 0.15) is 0 Å². The van der Waals surface area contributed by atoms with Crippen LogP contribution in [0.3, 0.4) is 0 Å². The molecule has 1 heterocycles. The summed E-state index contributed by atoms with van der Waals surface area (Å²) in [6.45, 7) is 0. The van der Waals surface area contributed by atoms with E-state index in [0.29, 0.717) is 17.1 Å². The second-order valence-corrected chi connectivity index (χ2v) is 3.36. The zero-order valence-corrected chi connectivity index (χ0v) is 8.57. The van der Waals surface area contributed by atoms with Gasteiger partial charge in [0, 0.05) is 11.8 Å². The fourth-order valence-corrected chi connectivity index (χ4v) is 1.44. The number of rotatable bonds is 1. The van der Waals surface area contributed by atoms with E-state index in [9.17, 15) is 0 Å². The number of halogens is 1. The van der Waals surface area contributed by atoms with Gasteiger partial charge in [-0.15, -0.1) is 0 Å². The summed E-state index contributed by atoms with van der Waals surface area (Å²) in [7, 11) is 0. The van der Waals surface area contributed by atoms with Gasteiger partial charge in [0.2, 0.25) is 5.28 Å². The van der Waals surface area contributed by atoms with Gasteiger partial charge in [0.15, 0.2) is 0 Å². The van der Waals surface area contributed by atoms with E-state index in [1.165, 1.54) is 0 Å². The van der Waals surface area contributed by atoms with Crippen molar-refractivity contribution in [1.29, 1.82) is 0 Å². The highest BCUT2D eigenvalue weighted by atomic mass is 35.5. The smallest absolute Gasteiger partial charge is 0.222 e. The Morgan fingerprint density at radius 1 is 1.13 bits per heavy atom. The lowest BCUT2D eigenvalue weighted by molar-refractivity contribution is 1.17. The van der Waals surface area contributed by atoms with Crippen molar-refractivity contribution >= 4 is 23.0 Å². The van der Waals surface area contributed by atoms with E-state index >= 15 is 0 Å². The molecule has 0 saturated carbocycles. The molecule has 0 fully saturated rings. The number of hydrogen-bond donors (Lipinski definition) is 2. The summed E-state index contributed by atoms with van der Waals surface area (Å²) in [4.78, 5) is 7.86. The summed E-state index contributed by atoms with van der Waals surface area (Å²) in [6, 6.07) is 7.13. The zero-order chi connectivity index (χ0) is 10.8. The van der Waals surface area contributed by atoms with E-state index in [4.69, 9.17) is 23.1 Å². The number of hydrogen-bond acceptors (Lipinski definition) is 4. The number of nitrogens with zero attached hydrogens (tertiary/aromatic N) is 2. The number of aromatic nitrogens is 2. The summed E-state index contributed by atoms with van der Waals surface area (Å²) in [6.07, 6.45) is 1.58. The van der Waals surface area contributed by atoms with E-state index in [2.05, 4.69) is 9.97 Å². The highest BCUT2D eigenvalue weighted by Crippen LogP contribution is 2.28. The van der Waals surface area contributed by atoms with Crippen molar-refractivity contribution in [3.05, 3.63) is 35.7 Å². The monoisotopic (exact) mass is 220 g/mol. The van der Waals surface area contributed by atoms with E-state index in [-0.39, 0.29) is 5.28 Å². The molecule has 5 heteroatoms. The molecule has 0 aliphatic rings.